The molecule has 2 nitrogen and oxygen atoms in total. The zero-order valence-corrected chi connectivity index (χ0v) is 30.1. The number of fused-ring (bicyclic) bond motifs is 5. The molecular formula is C42H70O2. The van der Waals surface area contributed by atoms with Crippen molar-refractivity contribution in [1.29, 1.82) is 0 Å². The molecular weight excluding hydrogens is 536 g/mol. The Bertz CT molecular complexity index is 1000. The second kappa shape index (κ2) is 16.5. The Morgan fingerprint density at radius 3 is 2.14 bits per heavy atom. The molecule has 0 bridgehead atoms. The highest BCUT2D eigenvalue weighted by molar-refractivity contribution is 5.69. The summed E-state index contributed by atoms with van der Waals surface area (Å²) < 4.78 is 6.09. The van der Waals surface area contributed by atoms with Gasteiger partial charge in [0.05, 0.1) is 0 Å². The van der Waals surface area contributed by atoms with Gasteiger partial charge in [0.25, 0.3) is 0 Å². The van der Waals surface area contributed by atoms with Crippen LogP contribution in [0.5, 0.6) is 0 Å². The summed E-state index contributed by atoms with van der Waals surface area (Å²) in [4.78, 5) is 12.7. The minimum absolute atomic E-state index is 0.0403. The van der Waals surface area contributed by atoms with Gasteiger partial charge in [0, 0.05) is 12.8 Å². The monoisotopic (exact) mass is 607 g/mol. The van der Waals surface area contributed by atoms with E-state index in [0.717, 1.165) is 37.5 Å². The summed E-state index contributed by atoms with van der Waals surface area (Å²) in [6, 6.07) is 0. The molecule has 4 aliphatic rings. The highest BCUT2D eigenvalue weighted by Gasteiger charge is 2.57. The van der Waals surface area contributed by atoms with E-state index in [2.05, 4.69) is 72.8 Å². The average molecular weight is 607 g/mol. The Hall–Kier alpha value is -1.31. The second-order valence-electron chi connectivity index (χ2n) is 16.6. The zero-order valence-electron chi connectivity index (χ0n) is 30.1. The van der Waals surface area contributed by atoms with Gasteiger partial charge in [-0.25, -0.2) is 0 Å². The number of hydrogen-bond donors (Lipinski definition) is 0. The molecule has 0 radical (unpaired) electrons. The van der Waals surface area contributed by atoms with Crippen molar-refractivity contribution in [2.24, 2.45) is 46.3 Å². The SMILES string of the molecule is CCCCCCCCCCCCCC(=O)OC1CC[C@@]2(C)C(=CC=C3C4CCC([C@H](C)/C=C/[C@H](C)C(C)C)[C@@]4(C)CCC32)C1. The average Bonchev–Trinajstić information content (AvgIpc) is 3.36. The number of carbonyl (C=O) groups is 1. The van der Waals surface area contributed by atoms with Crippen molar-refractivity contribution in [1.82, 2.24) is 0 Å². The van der Waals surface area contributed by atoms with E-state index in [1.54, 1.807) is 11.1 Å². The van der Waals surface area contributed by atoms with Crippen molar-refractivity contribution in [3.8, 4) is 0 Å². The third-order valence-corrected chi connectivity index (χ3v) is 13.3. The van der Waals surface area contributed by atoms with E-state index >= 15 is 0 Å². The molecule has 3 saturated carbocycles. The Kier molecular flexibility index (Phi) is 13.3. The summed E-state index contributed by atoms with van der Waals surface area (Å²) >= 11 is 0. The summed E-state index contributed by atoms with van der Waals surface area (Å²) in [7, 11) is 0. The maximum atomic E-state index is 12.7. The molecule has 0 heterocycles. The van der Waals surface area contributed by atoms with E-state index in [4.69, 9.17) is 4.74 Å². The van der Waals surface area contributed by atoms with Crippen LogP contribution >= 0.6 is 0 Å². The van der Waals surface area contributed by atoms with Crippen LogP contribution in [-0.2, 0) is 9.53 Å². The molecule has 0 amide bonds. The molecule has 4 unspecified atom stereocenters. The van der Waals surface area contributed by atoms with Gasteiger partial charge in [0.15, 0.2) is 0 Å². The lowest BCUT2D eigenvalue weighted by Gasteiger charge is -2.55. The van der Waals surface area contributed by atoms with Gasteiger partial charge in [-0.05, 0) is 91.3 Å². The van der Waals surface area contributed by atoms with Crippen LogP contribution in [-0.4, -0.2) is 12.1 Å². The first-order valence-corrected chi connectivity index (χ1v) is 19.4. The number of ether oxygens (including phenoxy) is 1. The molecule has 0 spiro atoms. The lowest BCUT2D eigenvalue weighted by Crippen LogP contribution is -2.46. The third kappa shape index (κ3) is 8.53. The molecule has 0 aromatic carbocycles. The van der Waals surface area contributed by atoms with Crippen molar-refractivity contribution in [3.05, 3.63) is 35.5 Å². The Morgan fingerprint density at radius 1 is 0.818 bits per heavy atom. The molecule has 0 saturated heterocycles. The lowest BCUT2D eigenvalue weighted by molar-refractivity contribution is -0.151. The number of esters is 1. The minimum atomic E-state index is 0.0403. The van der Waals surface area contributed by atoms with Crippen LogP contribution in [0.2, 0.25) is 0 Å². The molecule has 4 rings (SSSR count). The number of unbranched alkanes of at least 4 members (excludes halogenated alkanes) is 10. The largest absolute Gasteiger partial charge is 0.462 e. The fourth-order valence-corrected chi connectivity index (χ4v) is 9.86. The highest BCUT2D eigenvalue weighted by atomic mass is 16.5. The number of rotatable bonds is 17. The predicted octanol–water partition coefficient (Wildman–Crippen LogP) is 12.6. The lowest BCUT2D eigenvalue weighted by atomic mass is 9.50. The molecule has 44 heavy (non-hydrogen) atoms. The molecule has 250 valence electrons. The zero-order chi connectivity index (χ0) is 31.7. The van der Waals surface area contributed by atoms with Gasteiger partial charge in [0.1, 0.15) is 6.10 Å². The first-order chi connectivity index (χ1) is 21.1. The van der Waals surface area contributed by atoms with Gasteiger partial charge in [-0.3, -0.25) is 4.79 Å². The molecule has 8 atom stereocenters. The van der Waals surface area contributed by atoms with Gasteiger partial charge in [-0.15, -0.1) is 0 Å². The van der Waals surface area contributed by atoms with Crippen molar-refractivity contribution in [2.45, 2.75) is 177 Å². The van der Waals surface area contributed by atoms with E-state index in [-0.39, 0.29) is 17.5 Å². The number of hydrogen-bond acceptors (Lipinski definition) is 2. The summed E-state index contributed by atoms with van der Waals surface area (Å²) in [6.07, 6.45) is 33.7. The van der Waals surface area contributed by atoms with Crippen LogP contribution in [0.3, 0.4) is 0 Å². The molecule has 0 N–H and O–H groups in total. The fraction of sp³-hybridized carbons (Fsp3) is 0.833. The van der Waals surface area contributed by atoms with Crippen molar-refractivity contribution in [3.63, 3.8) is 0 Å². The van der Waals surface area contributed by atoms with Crippen LogP contribution < -0.4 is 0 Å². The van der Waals surface area contributed by atoms with Crippen LogP contribution in [0.25, 0.3) is 0 Å². The Morgan fingerprint density at radius 2 is 1.48 bits per heavy atom. The smallest absolute Gasteiger partial charge is 0.306 e. The predicted molar refractivity (Wildman–Crippen MR) is 188 cm³/mol. The third-order valence-electron chi connectivity index (χ3n) is 13.3. The van der Waals surface area contributed by atoms with Gasteiger partial charge >= 0.3 is 5.97 Å². The molecule has 4 aliphatic carbocycles. The van der Waals surface area contributed by atoms with E-state index in [1.807, 2.05) is 0 Å². The van der Waals surface area contributed by atoms with Gasteiger partial charge in [-0.1, -0.05) is 148 Å². The van der Waals surface area contributed by atoms with E-state index in [0.29, 0.717) is 35.5 Å². The first-order valence-electron chi connectivity index (χ1n) is 19.4. The van der Waals surface area contributed by atoms with E-state index in [9.17, 15) is 4.79 Å². The molecule has 2 heteroatoms. The van der Waals surface area contributed by atoms with E-state index in [1.165, 1.54) is 89.9 Å². The topological polar surface area (TPSA) is 26.3 Å². The summed E-state index contributed by atoms with van der Waals surface area (Å²) in [6.45, 7) is 17.0. The Labute approximate surface area is 273 Å². The highest BCUT2D eigenvalue weighted by Crippen LogP contribution is 2.66. The fourth-order valence-electron chi connectivity index (χ4n) is 9.86. The van der Waals surface area contributed by atoms with Gasteiger partial charge in [0.2, 0.25) is 0 Å². The second-order valence-corrected chi connectivity index (χ2v) is 16.6. The quantitative estimate of drug-likeness (QED) is 0.0935. The normalized spacial score (nSPS) is 32.9. The summed E-state index contributed by atoms with van der Waals surface area (Å²) in [5.41, 5.74) is 4.00. The molecule has 0 aromatic rings. The van der Waals surface area contributed by atoms with Crippen LogP contribution in [0, 0.1) is 46.3 Å². The van der Waals surface area contributed by atoms with Crippen LogP contribution in [0.1, 0.15) is 170 Å². The van der Waals surface area contributed by atoms with Crippen LogP contribution in [0.4, 0.5) is 0 Å². The maximum absolute atomic E-state index is 12.7. The van der Waals surface area contributed by atoms with Crippen molar-refractivity contribution >= 4 is 5.97 Å². The minimum Gasteiger partial charge on any atom is -0.462 e. The number of carbonyl (C=O) groups excluding carboxylic acids is 1. The van der Waals surface area contributed by atoms with E-state index < -0.39 is 0 Å². The van der Waals surface area contributed by atoms with Crippen molar-refractivity contribution in [2.75, 3.05) is 0 Å². The van der Waals surface area contributed by atoms with Crippen LogP contribution in [0.15, 0.2) is 35.5 Å². The van der Waals surface area contributed by atoms with Gasteiger partial charge in [-0.2, -0.15) is 0 Å². The molecule has 3 fully saturated rings. The maximum Gasteiger partial charge on any atom is 0.306 e. The summed E-state index contributed by atoms with van der Waals surface area (Å²) in [5.74, 6) is 4.27. The first kappa shape index (κ1) is 35.5. The van der Waals surface area contributed by atoms with Crippen molar-refractivity contribution < 1.29 is 9.53 Å². The summed E-state index contributed by atoms with van der Waals surface area (Å²) in [5, 5.41) is 0. The number of allylic oxidation sites excluding steroid dienone is 5. The molecule has 0 aromatic heterocycles. The Balaban J connectivity index is 1.24. The molecule has 0 aliphatic heterocycles. The standard InChI is InChI=1S/C42H70O2/c1-8-9-10-11-12-13-14-15-16-17-18-19-40(43)44-35-26-28-41(6)34(30-35)22-23-36-38-25-24-37(42(38,7)29-27-39(36)41)33(5)21-20-32(4)31(2)3/h20-23,31-33,35,37-39H,8-19,24-30H2,1-7H3/b21-20+/t32-,33+,35?,37?,38?,39?,41-,42+/m0/s1. The van der Waals surface area contributed by atoms with Gasteiger partial charge < -0.3 is 4.74 Å².